The van der Waals surface area contributed by atoms with E-state index in [1.54, 1.807) is 0 Å². The van der Waals surface area contributed by atoms with Crippen LogP contribution < -0.4 is 10.2 Å². The Kier molecular flexibility index (Phi) is 4.83. The maximum absolute atomic E-state index is 12.9. The fraction of sp³-hybridized carbons (Fsp3) is 0.632. The number of likely N-dealkylation sites (tertiary alicyclic amines) is 1. The number of piperazine rings is 1. The van der Waals surface area contributed by atoms with Crippen LogP contribution in [0.15, 0.2) is 24.3 Å². The van der Waals surface area contributed by atoms with E-state index < -0.39 is 0 Å². The van der Waals surface area contributed by atoms with E-state index in [0.717, 1.165) is 64.3 Å². The Balaban J connectivity index is 1.35. The Bertz CT molecular complexity index is 584. The van der Waals surface area contributed by atoms with Gasteiger partial charge < -0.3 is 10.2 Å². The second-order valence-electron chi connectivity index (χ2n) is 7.24. The molecule has 3 aliphatic rings. The second kappa shape index (κ2) is 7.21. The van der Waals surface area contributed by atoms with Crippen molar-refractivity contribution in [3.63, 3.8) is 0 Å². The molecule has 1 aromatic carbocycles. The van der Waals surface area contributed by atoms with E-state index in [1.807, 2.05) is 11.0 Å². The molecule has 1 aromatic rings. The minimum Gasteiger partial charge on any atom is -0.314 e. The predicted octanol–water partition coefficient (Wildman–Crippen LogP) is 0.945. The molecule has 3 heterocycles. The maximum atomic E-state index is 12.9. The van der Waals surface area contributed by atoms with E-state index in [1.165, 1.54) is 12.0 Å². The van der Waals surface area contributed by atoms with E-state index in [4.69, 9.17) is 0 Å². The van der Waals surface area contributed by atoms with Crippen molar-refractivity contribution in [2.75, 3.05) is 57.3 Å². The fourth-order valence-electron chi connectivity index (χ4n) is 4.37. The summed E-state index contributed by atoms with van der Waals surface area (Å²) in [6, 6.07) is 9.00. The largest absolute Gasteiger partial charge is 0.314 e. The van der Waals surface area contributed by atoms with E-state index >= 15 is 0 Å². The molecule has 3 aliphatic heterocycles. The zero-order valence-corrected chi connectivity index (χ0v) is 14.4. The molecular formula is C19H28N4O. The Morgan fingerprint density at radius 1 is 1.12 bits per heavy atom. The molecule has 0 aliphatic carbocycles. The van der Waals surface area contributed by atoms with Crippen LogP contribution in [0, 0.1) is 0 Å². The van der Waals surface area contributed by atoms with Crippen molar-refractivity contribution < 1.29 is 4.79 Å². The van der Waals surface area contributed by atoms with Crippen LogP contribution in [0.5, 0.6) is 0 Å². The first-order valence-electron chi connectivity index (χ1n) is 9.36. The maximum Gasteiger partial charge on any atom is 0.241 e. The molecule has 1 N–H and O–H groups in total. The summed E-state index contributed by atoms with van der Waals surface area (Å²) < 4.78 is 0. The molecule has 24 heavy (non-hydrogen) atoms. The van der Waals surface area contributed by atoms with Gasteiger partial charge in [-0.2, -0.15) is 0 Å². The van der Waals surface area contributed by atoms with Crippen LogP contribution in [0.1, 0.15) is 18.4 Å². The summed E-state index contributed by atoms with van der Waals surface area (Å²) >= 11 is 0. The lowest BCUT2D eigenvalue weighted by Gasteiger charge is -2.33. The van der Waals surface area contributed by atoms with Gasteiger partial charge in [-0.15, -0.1) is 0 Å². The topological polar surface area (TPSA) is 38.8 Å². The number of carbonyl (C=O) groups excluding carboxylic acids is 1. The molecule has 1 atom stereocenters. The van der Waals surface area contributed by atoms with Gasteiger partial charge in [0.15, 0.2) is 0 Å². The number of anilines is 1. The smallest absolute Gasteiger partial charge is 0.241 e. The first kappa shape index (κ1) is 16.1. The summed E-state index contributed by atoms with van der Waals surface area (Å²) in [6.07, 6.45) is 3.37. The lowest BCUT2D eigenvalue weighted by molar-refractivity contribution is -0.119. The van der Waals surface area contributed by atoms with Crippen LogP contribution in [-0.2, 0) is 11.2 Å². The summed E-state index contributed by atoms with van der Waals surface area (Å²) in [5.74, 6) is 0.267. The van der Waals surface area contributed by atoms with Gasteiger partial charge in [-0.1, -0.05) is 18.2 Å². The number of hydrogen-bond acceptors (Lipinski definition) is 4. The lowest BCUT2D eigenvalue weighted by atomic mass is 10.0. The van der Waals surface area contributed by atoms with Crippen LogP contribution in [0.2, 0.25) is 0 Å². The summed E-state index contributed by atoms with van der Waals surface area (Å²) in [5, 5.41) is 3.42. The molecule has 2 saturated heterocycles. The Labute approximate surface area is 144 Å². The zero-order valence-electron chi connectivity index (χ0n) is 14.4. The predicted molar refractivity (Wildman–Crippen MR) is 96.4 cm³/mol. The number of fused-ring (bicyclic) bond motifs is 1. The van der Waals surface area contributed by atoms with Gasteiger partial charge in [0.1, 0.15) is 0 Å². The Morgan fingerprint density at radius 3 is 2.83 bits per heavy atom. The highest BCUT2D eigenvalue weighted by Crippen LogP contribution is 2.27. The van der Waals surface area contributed by atoms with E-state index in [2.05, 4.69) is 33.3 Å². The molecular weight excluding hydrogens is 300 g/mol. The third kappa shape index (κ3) is 3.34. The van der Waals surface area contributed by atoms with Crippen molar-refractivity contribution in [1.29, 1.82) is 0 Å². The van der Waals surface area contributed by atoms with Crippen LogP contribution in [0.3, 0.4) is 0 Å². The standard InChI is InChI=1S/C19H28N4O/c24-19(23-10-3-5-16-4-1-2-6-18(16)23)15-21-11-7-17(14-21)22-12-8-20-9-13-22/h1-2,4,6,17,20H,3,5,7-15H2. The molecule has 1 amide bonds. The number of carbonyl (C=O) groups is 1. The molecule has 2 fully saturated rings. The van der Waals surface area contributed by atoms with E-state index in [0.29, 0.717) is 12.6 Å². The zero-order chi connectivity index (χ0) is 16.4. The Morgan fingerprint density at radius 2 is 1.96 bits per heavy atom. The molecule has 4 rings (SSSR count). The summed E-state index contributed by atoms with van der Waals surface area (Å²) in [4.78, 5) is 19.8. The molecule has 0 spiro atoms. The van der Waals surface area contributed by atoms with Crippen molar-refractivity contribution >= 4 is 11.6 Å². The highest BCUT2D eigenvalue weighted by Gasteiger charge is 2.31. The van der Waals surface area contributed by atoms with Crippen LogP contribution >= 0.6 is 0 Å². The minimum atomic E-state index is 0.267. The van der Waals surface area contributed by atoms with Crippen molar-refractivity contribution in [2.45, 2.75) is 25.3 Å². The van der Waals surface area contributed by atoms with Crippen molar-refractivity contribution in [1.82, 2.24) is 15.1 Å². The SMILES string of the molecule is O=C(CN1CCC(N2CCNCC2)C1)N1CCCc2ccccc21. The number of amides is 1. The monoisotopic (exact) mass is 328 g/mol. The summed E-state index contributed by atoms with van der Waals surface area (Å²) in [5.41, 5.74) is 2.45. The number of benzene rings is 1. The van der Waals surface area contributed by atoms with Crippen molar-refractivity contribution in [3.8, 4) is 0 Å². The van der Waals surface area contributed by atoms with Gasteiger partial charge in [0, 0.05) is 57.5 Å². The summed E-state index contributed by atoms with van der Waals surface area (Å²) in [6.45, 7) is 8.01. The van der Waals surface area contributed by atoms with Gasteiger partial charge in [-0.05, 0) is 30.9 Å². The third-order valence-corrected chi connectivity index (χ3v) is 5.69. The first-order chi connectivity index (χ1) is 11.8. The number of nitrogens with zero attached hydrogens (tertiary/aromatic N) is 3. The van der Waals surface area contributed by atoms with Gasteiger partial charge in [-0.25, -0.2) is 0 Å². The number of hydrogen-bond donors (Lipinski definition) is 1. The number of para-hydroxylation sites is 1. The summed E-state index contributed by atoms with van der Waals surface area (Å²) in [7, 11) is 0. The Hall–Kier alpha value is -1.43. The molecule has 5 nitrogen and oxygen atoms in total. The van der Waals surface area contributed by atoms with Gasteiger partial charge in [0.05, 0.1) is 6.54 Å². The molecule has 5 heteroatoms. The minimum absolute atomic E-state index is 0.267. The van der Waals surface area contributed by atoms with Crippen LogP contribution in [-0.4, -0.2) is 74.1 Å². The van der Waals surface area contributed by atoms with Gasteiger partial charge >= 0.3 is 0 Å². The van der Waals surface area contributed by atoms with Gasteiger partial charge in [0.2, 0.25) is 5.91 Å². The molecule has 0 bridgehead atoms. The highest BCUT2D eigenvalue weighted by atomic mass is 16.2. The molecule has 1 unspecified atom stereocenters. The van der Waals surface area contributed by atoms with Gasteiger partial charge in [-0.3, -0.25) is 14.6 Å². The quantitative estimate of drug-likeness (QED) is 0.897. The first-order valence-corrected chi connectivity index (χ1v) is 9.36. The normalized spacial score (nSPS) is 25.7. The van der Waals surface area contributed by atoms with Gasteiger partial charge in [0.25, 0.3) is 0 Å². The average Bonchev–Trinajstić information content (AvgIpc) is 3.10. The second-order valence-corrected chi connectivity index (χ2v) is 7.24. The third-order valence-electron chi connectivity index (χ3n) is 5.69. The average molecular weight is 328 g/mol. The number of rotatable bonds is 3. The van der Waals surface area contributed by atoms with E-state index in [-0.39, 0.29) is 5.91 Å². The van der Waals surface area contributed by atoms with Crippen molar-refractivity contribution in [3.05, 3.63) is 29.8 Å². The molecule has 130 valence electrons. The van der Waals surface area contributed by atoms with E-state index in [9.17, 15) is 4.79 Å². The molecule has 0 saturated carbocycles. The fourth-order valence-corrected chi connectivity index (χ4v) is 4.37. The van der Waals surface area contributed by atoms with Crippen LogP contribution in [0.25, 0.3) is 0 Å². The van der Waals surface area contributed by atoms with Crippen LogP contribution in [0.4, 0.5) is 5.69 Å². The number of nitrogens with one attached hydrogen (secondary N) is 1. The highest BCUT2D eigenvalue weighted by molar-refractivity contribution is 5.96. The molecule has 0 radical (unpaired) electrons. The number of aryl methyl sites for hydroxylation is 1. The molecule has 0 aromatic heterocycles. The lowest BCUT2D eigenvalue weighted by Crippen LogP contribution is -2.49. The van der Waals surface area contributed by atoms with Crippen molar-refractivity contribution in [2.24, 2.45) is 0 Å².